The topological polar surface area (TPSA) is 113 Å². The molecule has 0 radical (unpaired) electrons. The van der Waals surface area contributed by atoms with Crippen molar-refractivity contribution < 1.29 is 29.0 Å². The number of carbonyl (C=O) groups excluding carboxylic acids is 3. The molecule has 188 valence electrons. The molecule has 2 heterocycles. The van der Waals surface area contributed by atoms with Crippen LogP contribution in [0.1, 0.15) is 29.7 Å². The van der Waals surface area contributed by atoms with Crippen LogP contribution in [0, 0.1) is 11.8 Å². The number of rotatable bonds is 7. The van der Waals surface area contributed by atoms with Crippen molar-refractivity contribution in [2.45, 2.75) is 31.5 Å². The maximum absolute atomic E-state index is 13.8. The lowest BCUT2D eigenvalue weighted by atomic mass is 9.76. The monoisotopic (exact) mass is 498 g/mol. The van der Waals surface area contributed by atoms with E-state index in [1.165, 1.54) is 11.8 Å². The van der Waals surface area contributed by atoms with Crippen molar-refractivity contribution >= 4 is 23.8 Å². The summed E-state index contributed by atoms with van der Waals surface area (Å²) in [5.41, 5.74) is 0.459. The molecule has 2 fully saturated rings. The molecule has 2 saturated heterocycles. The summed E-state index contributed by atoms with van der Waals surface area (Å²) in [7, 11) is 0. The van der Waals surface area contributed by atoms with Gasteiger partial charge in [-0.05, 0) is 28.8 Å². The van der Waals surface area contributed by atoms with Crippen LogP contribution in [0.4, 0.5) is 0 Å². The van der Waals surface area contributed by atoms with Crippen molar-refractivity contribution in [2.24, 2.45) is 11.8 Å². The molecule has 8 heteroatoms. The molecular weight excluding hydrogens is 472 g/mol. The molecule has 2 aliphatic heterocycles. The summed E-state index contributed by atoms with van der Waals surface area (Å²) in [5.74, 6) is -4.23. The highest BCUT2D eigenvalue weighted by atomic mass is 16.5. The van der Waals surface area contributed by atoms with Gasteiger partial charge in [0.15, 0.2) is 0 Å². The molecule has 0 spiro atoms. The highest BCUT2D eigenvalue weighted by Crippen LogP contribution is 2.50. The second-order valence-electron chi connectivity index (χ2n) is 9.48. The molecule has 0 aromatic heterocycles. The number of amides is 2. The van der Waals surface area contributed by atoms with Gasteiger partial charge in [-0.2, -0.15) is 0 Å². The fourth-order valence-electron chi connectivity index (χ4n) is 5.53. The van der Waals surface area contributed by atoms with E-state index in [-0.39, 0.29) is 13.0 Å². The fourth-order valence-corrected chi connectivity index (χ4v) is 5.53. The van der Waals surface area contributed by atoms with Crippen molar-refractivity contribution in [3.05, 3.63) is 102 Å². The van der Waals surface area contributed by atoms with Crippen LogP contribution in [0.3, 0.4) is 0 Å². The Hall–Kier alpha value is -4.30. The Labute approximate surface area is 213 Å². The molecule has 2 amide bonds. The summed E-state index contributed by atoms with van der Waals surface area (Å²) in [6, 6.07) is 24.1. The molecule has 37 heavy (non-hydrogen) atoms. The lowest BCUT2D eigenvalue weighted by Gasteiger charge is -2.31. The predicted octanol–water partition coefficient (Wildman–Crippen LogP) is 3.12. The van der Waals surface area contributed by atoms with Gasteiger partial charge in [-0.1, -0.05) is 72.8 Å². The quantitative estimate of drug-likeness (QED) is 0.292. The number of aliphatic carboxylic acids is 1. The Kier molecular flexibility index (Phi) is 6.35. The number of fused-ring (bicyclic) bond motifs is 1. The average Bonchev–Trinajstić information content (AvgIpc) is 3.35. The van der Waals surface area contributed by atoms with Crippen LogP contribution in [0.5, 0.6) is 5.75 Å². The second-order valence-corrected chi connectivity index (χ2v) is 9.48. The average molecular weight is 499 g/mol. The summed E-state index contributed by atoms with van der Waals surface area (Å²) in [6.07, 6.45) is 0.0323. The van der Waals surface area contributed by atoms with Gasteiger partial charge in [-0.25, -0.2) is 0 Å². The molecule has 4 unspecified atom stereocenters. The van der Waals surface area contributed by atoms with Crippen LogP contribution >= 0.6 is 0 Å². The molecule has 2 aliphatic rings. The van der Waals surface area contributed by atoms with Crippen LogP contribution in [0.2, 0.25) is 0 Å². The number of nitrogens with zero attached hydrogens (tertiary/aromatic N) is 1. The van der Waals surface area contributed by atoms with E-state index in [0.29, 0.717) is 11.3 Å². The summed E-state index contributed by atoms with van der Waals surface area (Å²) in [4.78, 5) is 53.0. The summed E-state index contributed by atoms with van der Waals surface area (Å²) in [5, 5.41) is 13.8. The van der Waals surface area contributed by atoms with Gasteiger partial charge in [0.25, 0.3) is 0 Å². The molecular formula is C29H26N2O6. The molecule has 3 aromatic carbocycles. The third-order valence-electron chi connectivity index (χ3n) is 7.14. The van der Waals surface area contributed by atoms with E-state index in [1.54, 1.807) is 24.3 Å². The minimum Gasteiger partial charge on any atom is -0.480 e. The molecule has 2 N–H and O–H groups in total. The Morgan fingerprint density at radius 1 is 0.892 bits per heavy atom. The first kappa shape index (κ1) is 24.4. The summed E-state index contributed by atoms with van der Waals surface area (Å²) < 4.78 is 5.12. The van der Waals surface area contributed by atoms with Gasteiger partial charge in [0.1, 0.15) is 11.3 Å². The maximum atomic E-state index is 13.8. The van der Waals surface area contributed by atoms with Crippen molar-refractivity contribution in [1.29, 1.82) is 0 Å². The van der Waals surface area contributed by atoms with Crippen molar-refractivity contribution in [3.63, 3.8) is 0 Å². The number of benzene rings is 3. The van der Waals surface area contributed by atoms with Gasteiger partial charge in [0.05, 0.1) is 18.4 Å². The van der Waals surface area contributed by atoms with E-state index in [1.807, 2.05) is 60.7 Å². The Morgan fingerprint density at radius 2 is 1.49 bits per heavy atom. The number of ether oxygens (including phenoxy) is 1. The third-order valence-corrected chi connectivity index (χ3v) is 7.14. The Morgan fingerprint density at radius 3 is 2.05 bits per heavy atom. The maximum Gasteiger partial charge on any atom is 0.325 e. The lowest BCUT2D eigenvalue weighted by molar-refractivity contribution is -0.151. The number of carbonyl (C=O) groups is 4. The van der Waals surface area contributed by atoms with E-state index >= 15 is 0 Å². The zero-order valence-electron chi connectivity index (χ0n) is 20.2. The molecule has 0 saturated carbocycles. The molecule has 4 atom stereocenters. The van der Waals surface area contributed by atoms with Crippen molar-refractivity contribution in [1.82, 2.24) is 10.2 Å². The SMILES string of the molecule is CC(=O)Oc1ccc(C2NC(Cc3ccccc3)(C(=O)O)C3C(=O)N(Cc4ccccc4)C(=O)C23)cc1. The Bertz CT molecular complexity index is 1340. The van der Waals surface area contributed by atoms with Crippen LogP contribution in [0.15, 0.2) is 84.9 Å². The number of imide groups is 1. The number of hydrogen-bond acceptors (Lipinski definition) is 6. The second kappa shape index (κ2) is 9.63. The van der Waals surface area contributed by atoms with Gasteiger partial charge in [0, 0.05) is 19.4 Å². The van der Waals surface area contributed by atoms with E-state index in [2.05, 4.69) is 5.32 Å². The van der Waals surface area contributed by atoms with Crippen LogP contribution in [-0.2, 0) is 32.1 Å². The number of likely N-dealkylation sites (tertiary alicyclic amines) is 1. The van der Waals surface area contributed by atoms with Gasteiger partial charge in [-0.3, -0.25) is 29.4 Å². The van der Waals surface area contributed by atoms with Gasteiger partial charge in [0.2, 0.25) is 11.8 Å². The highest BCUT2D eigenvalue weighted by molar-refractivity contribution is 6.09. The van der Waals surface area contributed by atoms with E-state index in [0.717, 1.165) is 11.1 Å². The molecule has 5 rings (SSSR count). The molecule has 3 aromatic rings. The minimum absolute atomic E-state index is 0.0323. The first-order chi connectivity index (χ1) is 17.8. The largest absolute Gasteiger partial charge is 0.480 e. The standard InChI is InChI=1S/C29H26N2O6/c1-18(32)37-22-14-12-21(13-15-22)25-23-24(27(34)31(26(23)33)17-20-10-6-3-7-11-20)29(30-25,28(35)36)16-19-8-4-2-5-9-19/h2-15,23-25,30H,16-17H2,1H3,(H,35,36). The summed E-state index contributed by atoms with van der Waals surface area (Å²) in [6.45, 7) is 1.37. The van der Waals surface area contributed by atoms with E-state index < -0.39 is 47.2 Å². The molecule has 8 nitrogen and oxygen atoms in total. The smallest absolute Gasteiger partial charge is 0.325 e. The number of carboxylic acid groups (broad SMARTS) is 1. The van der Waals surface area contributed by atoms with Gasteiger partial charge < -0.3 is 9.84 Å². The first-order valence-corrected chi connectivity index (χ1v) is 12.0. The van der Waals surface area contributed by atoms with E-state index in [9.17, 15) is 24.3 Å². The predicted molar refractivity (Wildman–Crippen MR) is 133 cm³/mol. The highest BCUT2D eigenvalue weighted by Gasteiger charge is 2.68. The minimum atomic E-state index is -1.69. The number of esters is 1. The van der Waals surface area contributed by atoms with Crippen LogP contribution in [-0.4, -0.2) is 39.3 Å². The van der Waals surface area contributed by atoms with Gasteiger partial charge in [-0.15, -0.1) is 0 Å². The van der Waals surface area contributed by atoms with Crippen molar-refractivity contribution in [2.75, 3.05) is 0 Å². The lowest BCUT2D eigenvalue weighted by Crippen LogP contribution is -2.57. The third kappa shape index (κ3) is 4.40. The van der Waals surface area contributed by atoms with Gasteiger partial charge >= 0.3 is 11.9 Å². The summed E-state index contributed by atoms with van der Waals surface area (Å²) >= 11 is 0. The van der Waals surface area contributed by atoms with Crippen molar-refractivity contribution in [3.8, 4) is 5.75 Å². The van der Waals surface area contributed by atoms with Crippen LogP contribution < -0.4 is 10.1 Å². The fraction of sp³-hybridized carbons (Fsp3) is 0.241. The number of nitrogens with one attached hydrogen (secondary N) is 1. The Balaban J connectivity index is 1.57. The van der Waals surface area contributed by atoms with Crippen LogP contribution in [0.25, 0.3) is 0 Å². The van der Waals surface area contributed by atoms with E-state index in [4.69, 9.17) is 4.74 Å². The molecule has 0 bridgehead atoms. The zero-order valence-corrected chi connectivity index (χ0v) is 20.2. The zero-order chi connectivity index (χ0) is 26.2. The molecule has 0 aliphatic carbocycles. The first-order valence-electron chi connectivity index (χ1n) is 12.0. The number of carboxylic acids is 1. The number of hydrogen-bond donors (Lipinski definition) is 2. The normalized spacial score (nSPS) is 24.7.